The van der Waals surface area contributed by atoms with Crippen molar-refractivity contribution in [3.05, 3.63) is 35.3 Å². The van der Waals surface area contributed by atoms with Gasteiger partial charge in [-0.3, -0.25) is 9.59 Å². The van der Waals surface area contributed by atoms with E-state index in [-0.39, 0.29) is 30.5 Å². The number of hydrogen-bond donors (Lipinski definition) is 2. The fraction of sp³-hybridized carbons (Fsp3) is 0.474. The Bertz CT molecular complexity index is 791. The van der Waals surface area contributed by atoms with Gasteiger partial charge in [0.2, 0.25) is 0 Å². The van der Waals surface area contributed by atoms with Crippen molar-refractivity contribution in [2.24, 2.45) is 5.92 Å². The van der Waals surface area contributed by atoms with Crippen molar-refractivity contribution in [3.63, 3.8) is 0 Å². The van der Waals surface area contributed by atoms with Crippen molar-refractivity contribution in [2.75, 3.05) is 19.7 Å². The van der Waals surface area contributed by atoms with Crippen molar-refractivity contribution < 1.29 is 19.1 Å². The number of hydrogen-bond acceptors (Lipinski definition) is 3. The number of nitrogens with one attached hydrogen (secondary N) is 1. The molecule has 0 aliphatic carbocycles. The Morgan fingerprint density at radius 1 is 1.32 bits per heavy atom. The number of aromatic nitrogens is 1. The predicted octanol–water partition coefficient (Wildman–Crippen LogP) is 2.67. The summed E-state index contributed by atoms with van der Waals surface area (Å²) >= 11 is 0. The number of aliphatic hydroxyl groups is 1. The molecule has 0 atom stereocenters. The lowest BCUT2D eigenvalue weighted by Crippen LogP contribution is -2.39. The minimum atomic E-state index is -0.389. The molecule has 3 rings (SSSR count). The summed E-state index contributed by atoms with van der Waals surface area (Å²) in [4.78, 5) is 29.5. The highest BCUT2D eigenvalue weighted by molar-refractivity contribution is 6.03. The lowest BCUT2D eigenvalue weighted by atomic mass is 9.93. The number of halogens is 1. The average Bonchev–Trinajstić information content (AvgIpc) is 2.92. The number of benzene rings is 1. The lowest BCUT2D eigenvalue weighted by Gasteiger charge is -2.31. The molecule has 5 nitrogen and oxygen atoms in total. The van der Waals surface area contributed by atoms with Crippen LogP contribution in [0.5, 0.6) is 0 Å². The van der Waals surface area contributed by atoms with Gasteiger partial charge in [-0.1, -0.05) is 0 Å². The van der Waals surface area contributed by atoms with Crippen LogP contribution < -0.4 is 0 Å². The molecule has 1 amide bonds. The second-order valence-electron chi connectivity index (χ2n) is 6.80. The van der Waals surface area contributed by atoms with E-state index in [9.17, 15) is 14.0 Å². The summed E-state index contributed by atoms with van der Waals surface area (Å²) in [5.41, 5.74) is 1.62. The summed E-state index contributed by atoms with van der Waals surface area (Å²) in [5, 5.41) is 9.64. The van der Waals surface area contributed by atoms with Gasteiger partial charge >= 0.3 is 0 Å². The molecule has 2 N–H and O–H groups in total. The Hall–Kier alpha value is -2.21. The van der Waals surface area contributed by atoms with Crippen LogP contribution in [0.4, 0.5) is 4.39 Å². The number of likely N-dealkylation sites (tertiary alicyclic amines) is 1. The van der Waals surface area contributed by atoms with E-state index in [1.54, 1.807) is 11.0 Å². The first-order valence-corrected chi connectivity index (χ1v) is 8.69. The molecule has 0 saturated carbocycles. The van der Waals surface area contributed by atoms with Crippen molar-refractivity contribution in [1.82, 2.24) is 9.88 Å². The van der Waals surface area contributed by atoms with E-state index < -0.39 is 0 Å². The molecule has 2 aromatic rings. The summed E-state index contributed by atoms with van der Waals surface area (Å²) < 4.78 is 13.6. The number of amides is 1. The molecule has 134 valence electrons. The third-order valence-electron chi connectivity index (χ3n) is 4.95. The standard InChI is InChI=1S/C19H23FN2O3/c1-12(24)10-16-15-11-14(20)2-3-17(15)21-18(16)19(25)22-7-4-13(5-8-22)6-9-23/h2-3,11,13,21,23H,4-10H2,1H3. The number of rotatable bonds is 5. The molecular formula is C19H23FN2O3. The normalized spacial score (nSPS) is 15.7. The van der Waals surface area contributed by atoms with Crippen LogP contribution in [0.2, 0.25) is 0 Å². The molecule has 1 aromatic carbocycles. The van der Waals surface area contributed by atoms with Crippen LogP contribution in [0, 0.1) is 11.7 Å². The van der Waals surface area contributed by atoms with Crippen LogP contribution in [-0.4, -0.2) is 46.4 Å². The highest BCUT2D eigenvalue weighted by Gasteiger charge is 2.27. The number of carbonyl (C=O) groups is 2. The fourth-order valence-corrected chi connectivity index (χ4v) is 3.60. The first kappa shape index (κ1) is 17.6. The van der Waals surface area contributed by atoms with Crippen LogP contribution in [0.3, 0.4) is 0 Å². The number of piperidine rings is 1. The summed E-state index contributed by atoms with van der Waals surface area (Å²) in [6, 6.07) is 4.30. The molecule has 1 aliphatic rings. The number of ketones is 1. The summed E-state index contributed by atoms with van der Waals surface area (Å²) in [6.07, 6.45) is 2.60. The Morgan fingerprint density at radius 2 is 2.04 bits per heavy atom. The number of nitrogens with zero attached hydrogens (tertiary/aromatic N) is 1. The predicted molar refractivity (Wildman–Crippen MR) is 93.0 cm³/mol. The zero-order valence-corrected chi connectivity index (χ0v) is 14.3. The number of H-pyrrole nitrogens is 1. The van der Waals surface area contributed by atoms with E-state index in [0.717, 1.165) is 19.3 Å². The average molecular weight is 346 g/mol. The zero-order chi connectivity index (χ0) is 18.0. The Balaban J connectivity index is 1.89. The highest BCUT2D eigenvalue weighted by Crippen LogP contribution is 2.27. The molecule has 1 aliphatic heterocycles. The molecule has 0 radical (unpaired) electrons. The van der Waals surface area contributed by atoms with E-state index in [1.807, 2.05) is 0 Å². The molecule has 6 heteroatoms. The quantitative estimate of drug-likeness (QED) is 0.874. The third-order valence-corrected chi connectivity index (χ3v) is 4.95. The first-order chi connectivity index (χ1) is 12.0. The molecule has 1 aromatic heterocycles. The Labute approximate surface area is 145 Å². The second-order valence-corrected chi connectivity index (χ2v) is 6.80. The largest absolute Gasteiger partial charge is 0.396 e. The van der Waals surface area contributed by atoms with Gasteiger partial charge in [-0.05, 0) is 55.9 Å². The zero-order valence-electron chi connectivity index (χ0n) is 14.3. The van der Waals surface area contributed by atoms with Crippen molar-refractivity contribution >= 4 is 22.6 Å². The minimum Gasteiger partial charge on any atom is -0.396 e. The van der Waals surface area contributed by atoms with Crippen LogP contribution in [-0.2, 0) is 11.2 Å². The minimum absolute atomic E-state index is 0.0686. The fourth-order valence-electron chi connectivity index (χ4n) is 3.60. The van der Waals surface area contributed by atoms with Gasteiger partial charge in [0.1, 0.15) is 17.3 Å². The highest BCUT2D eigenvalue weighted by atomic mass is 19.1. The molecule has 2 heterocycles. The molecule has 25 heavy (non-hydrogen) atoms. The van der Waals surface area contributed by atoms with E-state index in [0.29, 0.717) is 41.2 Å². The van der Waals surface area contributed by atoms with Gasteiger partial charge in [0.05, 0.1) is 0 Å². The number of fused-ring (bicyclic) bond motifs is 1. The number of aromatic amines is 1. The molecule has 1 saturated heterocycles. The van der Waals surface area contributed by atoms with Gasteiger partial charge in [0.25, 0.3) is 5.91 Å². The Kier molecular flexibility index (Phi) is 5.18. The Morgan fingerprint density at radius 3 is 2.68 bits per heavy atom. The van der Waals surface area contributed by atoms with Gasteiger partial charge in [0.15, 0.2) is 0 Å². The number of carbonyl (C=O) groups excluding carboxylic acids is 2. The topological polar surface area (TPSA) is 73.4 Å². The van der Waals surface area contributed by atoms with Crippen LogP contribution in [0.15, 0.2) is 18.2 Å². The molecular weight excluding hydrogens is 323 g/mol. The second kappa shape index (κ2) is 7.35. The third kappa shape index (κ3) is 3.74. The van der Waals surface area contributed by atoms with Crippen molar-refractivity contribution in [3.8, 4) is 0 Å². The smallest absolute Gasteiger partial charge is 0.270 e. The SMILES string of the molecule is CC(=O)Cc1c(C(=O)N2CCC(CCO)CC2)[nH]c2ccc(F)cc12. The first-order valence-electron chi connectivity index (χ1n) is 8.69. The summed E-state index contributed by atoms with van der Waals surface area (Å²) in [7, 11) is 0. The van der Waals surface area contributed by atoms with E-state index in [4.69, 9.17) is 5.11 Å². The molecule has 0 spiro atoms. The summed E-state index contributed by atoms with van der Waals surface area (Å²) in [6.45, 7) is 2.90. The number of aliphatic hydroxyl groups excluding tert-OH is 1. The molecule has 1 fully saturated rings. The van der Waals surface area contributed by atoms with E-state index in [2.05, 4.69) is 4.98 Å². The van der Waals surface area contributed by atoms with Crippen LogP contribution >= 0.6 is 0 Å². The maximum atomic E-state index is 13.6. The van der Waals surface area contributed by atoms with Crippen molar-refractivity contribution in [1.29, 1.82) is 0 Å². The van der Waals surface area contributed by atoms with Gasteiger partial charge in [0, 0.05) is 37.0 Å². The van der Waals surface area contributed by atoms with E-state index in [1.165, 1.54) is 19.1 Å². The van der Waals surface area contributed by atoms with Crippen LogP contribution in [0.1, 0.15) is 42.2 Å². The monoisotopic (exact) mass is 346 g/mol. The summed E-state index contributed by atoms with van der Waals surface area (Å²) in [5.74, 6) is -0.154. The van der Waals surface area contributed by atoms with Gasteiger partial charge in [-0.15, -0.1) is 0 Å². The molecule has 0 bridgehead atoms. The van der Waals surface area contributed by atoms with Gasteiger partial charge in [-0.25, -0.2) is 4.39 Å². The number of Topliss-reactive ketones (excluding diaryl/α,β-unsaturated/α-hetero) is 1. The maximum Gasteiger partial charge on any atom is 0.270 e. The molecule has 0 unspecified atom stereocenters. The van der Waals surface area contributed by atoms with Gasteiger partial charge in [-0.2, -0.15) is 0 Å². The lowest BCUT2D eigenvalue weighted by molar-refractivity contribution is -0.116. The maximum absolute atomic E-state index is 13.6. The van der Waals surface area contributed by atoms with E-state index >= 15 is 0 Å². The van der Waals surface area contributed by atoms with Gasteiger partial charge < -0.3 is 15.0 Å². The van der Waals surface area contributed by atoms with Crippen molar-refractivity contribution in [2.45, 2.75) is 32.6 Å². The van der Waals surface area contributed by atoms with Crippen LogP contribution in [0.25, 0.3) is 10.9 Å².